The molecule has 4 aromatic rings. The van der Waals surface area contributed by atoms with Crippen LogP contribution in [0.15, 0.2) is 73.1 Å². The number of benzene rings is 2. The zero-order chi connectivity index (χ0) is 20.6. The van der Waals surface area contributed by atoms with E-state index >= 15 is 0 Å². The van der Waals surface area contributed by atoms with Crippen molar-refractivity contribution in [2.45, 2.75) is 71.4 Å². The van der Waals surface area contributed by atoms with Crippen LogP contribution in [0, 0.1) is 0 Å². The minimum Gasteiger partial charge on any atom is -1.00 e. The fraction of sp³-hybridized carbons (Fsp3) is 0.393. The van der Waals surface area contributed by atoms with Crippen LogP contribution >= 0.6 is 0 Å². The Morgan fingerprint density at radius 2 is 1.42 bits per heavy atom. The highest BCUT2D eigenvalue weighted by molar-refractivity contribution is 6.07. The van der Waals surface area contributed by atoms with Crippen molar-refractivity contribution < 1.29 is 28.5 Å². The monoisotopic (exact) mass is 526 g/mol. The summed E-state index contributed by atoms with van der Waals surface area (Å²) in [6.45, 7) is 4.46. The summed E-state index contributed by atoms with van der Waals surface area (Å²) < 4.78 is 4.93. The van der Waals surface area contributed by atoms with E-state index in [-0.39, 0.29) is 24.0 Å². The lowest BCUT2D eigenvalue weighted by Gasteiger charge is -2.07. The van der Waals surface area contributed by atoms with Crippen LogP contribution in [-0.4, -0.2) is 4.57 Å². The van der Waals surface area contributed by atoms with Crippen LogP contribution in [0.1, 0.15) is 57.4 Å². The van der Waals surface area contributed by atoms with Crippen molar-refractivity contribution >= 4 is 21.8 Å². The van der Waals surface area contributed by atoms with Crippen LogP contribution in [0.3, 0.4) is 0 Å². The molecule has 0 aliphatic carbocycles. The van der Waals surface area contributed by atoms with Crippen LogP contribution < -0.4 is 28.5 Å². The molecule has 4 rings (SSSR count). The second kappa shape index (κ2) is 12.2. The van der Waals surface area contributed by atoms with Crippen molar-refractivity contribution in [3.05, 3.63) is 78.6 Å². The molecule has 31 heavy (non-hydrogen) atoms. The summed E-state index contributed by atoms with van der Waals surface area (Å²) in [7, 11) is 0. The molecule has 0 saturated carbocycles. The standard InChI is InChI=1S/C28H35N2.HI/c1-2-3-4-5-6-12-20-29-22-19-26-25-17-10-11-18-27(25)30(28(26)23-29)21-13-16-24-14-8-7-9-15-24;/h7-11,14-15,17-19,22-23H,2-6,12-13,16,20-21H2,1H3;1H/q+1;/p-1. The number of aryl methyl sites for hydroxylation is 3. The Balaban J connectivity index is 0.00000272. The van der Waals surface area contributed by atoms with Crippen LogP contribution in [0.2, 0.25) is 0 Å². The van der Waals surface area contributed by atoms with Gasteiger partial charge in [-0.2, -0.15) is 0 Å². The van der Waals surface area contributed by atoms with Crippen molar-refractivity contribution in [2.75, 3.05) is 0 Å². The summed E-state index contributed by atoms with van der Waals surface area (Å²) >= 11 is 0. The number of fused-ring (bicyclic) bond motifs is 3. The molecule has 0 radical (unpaired) electrons. The minimum absolute atomic E-state index is 0. The first-order chi connectivity index (χ1) is 14.9. The second-order valence-corrected chi connectivity index (χ2v) is 8.51. The number of unbranched alkanes of at least 4 members (excludes halogenated alkanes) is 5. The number of nitrogens with zero attached hydrogens (tertiary/aromatic N) is 2. The molecule has 0 aliphatic rings. The number of hydrogen-bond acceptors (Lipinski definition) is 0. The van der Waals surface area contributed by atoms with E-state index in [2.05, 4.69) is 89.1 Å². The molecular weight excluding hydrogens is 491 g/mol. The van der Waals surface area contributed by atoms with Gasteiger partial charge in [0, 0.05) is 35.3 Å². The van der Waals surface area contributed by atoms with Gasteiger partial charge < -0.3 is 28.5 Å². The average molecular weight is 527 g/mol. The highest BCUT2D eigenvalue weighted by atomic mass is 127. The number of para-hydroxylation sites is 1. The molecule has 3 heteroatoms. The largest absolute Gasteiger partial charge is 1.00 e. The summed E-state index contributed by atoms with van der Waals surface area (Å²) in [6.07, 6.45) is 15.0. The van der Waals surface area contributed by atoms with E-state index in [1.807, 2.05) is 0 Å². The number of aromatic nitrogens is 2. The van der Waals surface area contributed by atoms with Crippen molar-refractivity contribution in [2.24, 2.45) is 0 Å². The van der Waals surface area contributed by atoms with E-state index in [0.29, 0.717) is 0 Å². The molecule has 0 saturated heterocycles. The summed E-state index contributed by atoms with van der Waals surface area (Å²) in [6, 6.07) is 22.0. The maximum absolute atomic E-state index is 2.53. The number of rotatable bonds is 11. The Hall–Kier alpha value is -1.88. The van der Waals surface area contributed by atoms with Gasteiger partial charge in [-0.15, -0.1) is 0 Å². The van der Waals surface area contributed by atoms with Gasteiger partial charge in [0.1, 0.15) is 12.1 Å². The second-order valence-electron chi connectivity index (χ2n) is 8.51. The number of hydrogen-bond donors (Lipinski definition) is 0. The summed E-state index contributed by atoms with van der Waals surface area (Å²) in [5.41, 5.74) is 4.16. The third kappa shape index (κ3) is 6.09. The predicted molar refractivity (Wildman–Crippen MR) is 128 cm³/mol. The van der Waals surface area contributed by atoms with Crippen molar-refractivity contribution in [1.82, 2.24) is 4.57 Å². The van der Waals surface area contributed by atoms with Crippen LogP contribution in [0.4, 0.5) is 0 Å². The summed E-state index contributed by atoms with van der Waals surface area (Å²) in [4.78, 5) is 0. The quantitative estimate of drug-likeness (QED) is 0.158. The molecule has 0 unspecified atom stereocenters. The predicted octanol–water partition coefficient (Wildman–Crippen LogP) is 4.08. The van der Waals surface area contributed by atoms with E-state index in [1.54, 1.807) is 0 Å². The molecule has 164 valence electrons. The lowest BCUT2D eigenvalue weighted by Crippen LogP contribution is -3.00. The van der Waals surface area contributed by atoms with Crippen molar-refractivity contribution in [3.63, 3.8) is 0 Å². The zero-order valence-electron chi connectivity index (χ0n) is 18.8. The van der Waals surface area contributed by atoms with Crippen LogP contribution in [0.25, 0.3) is 21.8 Å². The summed E-state index contributed by atoms with van der Waals surface area (Å²) in [5, 5.41) is 2.75. The van der Waals surface area contributed by atoms with Crippen LogP contribution in [-0.2, 0) is 19.5 Å². The SMILES string of the molecule is CCCCCCCC[n+]1ccc2c3ccccc3n(CCCc3ccccc3)c2c1.[I-]. The third-order valence-electron chi connectivity index (χ3n) is 6.23. The highest BCUT2D eigenvalue weighted by Gasteiger charge is 2.14. The molecule has 2 nitrogen and oxygen atoms in total. The van der Waals surface area contributed by atoms with Gasteiger partial charge in [0.2, 0.25) is 0 Å². The molecule has 0 fully saturated rings. The molecule has 0 atom stereocenters. The summed E-state index contributed by atoms with van der Waals surface area (Å²) in [5.74, 6) is 0. The van der Waals surface area contributed by atoms with Gasteiger partial charge in [-0.3, -0.25) is 0 Å². The number of halogens is 1. The molecule has 0 N–H and O–H groups in total. The Kier molecular flexibility index (Phi) is 9.38. The molecule has 0 aliphatic heterocycles. The Bertz CT molecular complexity index is 1070. The molecule has 2 aromatic carbocycles. The van der Waals surface area contributed by atoms with Gasteiger partial charge in [0.25, 0.3) is 0 Å². The normalized spacial score (nSPS) is 11.1. The average Bonchev–Trinajstić information content (AvgIpc) is 3.10. The molecule has 0 amide bonds. The lowest BCUT2D eigenvalue weighted by atomic mass is 10.1. The fourth-order valence-electron chi connectivity index (χ4n) is 4.58. The van der Waals surface area contributed by atoms with Gasteiger partial charge >= 0.3 is 0 Å². The highest BCUT2D eigenvalue weighted by Crippen LogP contribution is 2.28. The Morgan fingerprint density at radius 3 is 2.26 bits per heavy atom. The van der Waals surface area contributed by atoms with Gasteiger partial charge in [0.05, 0.1) is 0 Å². The van der Waals surface area contributed by atoms with E-state index in [1.165, 1.54) is 65.9 Å². The Labute approximate surface area is 204 Å². The first-order valence-electron chi connectivity index (χ1n) is 11.8. The van der Waals surface area contributed by atoms with Gasteiger partial charge in [-0.1, -0.05) is 81.1 Å². The maximum atomic E-state index is 2.53. The van der Waals surface area contributed by atoms with E-state index < -0.39 is 0 Å². The van der Waals surface area contributed by atoms with Crippen molar-refractivity contribution in [1.29, 1.82) is 0 Å². The first-order valence-corrected chi connectivity index (χ1v) is 11.8. The first kappa shape index (κ1) is 23.8. The molecule has 0 spiro atoms. The molecular formula is C28H35IN2. The lowest BCUT2D eigenvalue weighted by molar-refractivity contribution is -0.696. The molecule has 0 bridgehead atoms. The van der Waals surface area contributed by atoms with Gasteiger partial charge in [-0.25, -0.2) is 4.57 Å². The van der Waals surface area contributed by atoms with E-state index in [9.17, 15) is 0 Å². The van der Waals surface area contributed by atoms with Gasteiger partial charge in [-0.05, 0) is 30.9 Å². The van der Waals surface area contributed by atoms with Crippen molar-refractivity contribution in [3.8, 4) is 0 Å². The van der Waals surface area contributed by atoms with Gasteiger partial charge in [0.15, 0.2) is 12.4 Å². The number of pyridine rings is 1. The molecule has 2 heterocycles. The zero-order valence-corrected chi connectivity index (χ0v) is 20.9. The molecule has 2 aromatic heterocycles. The minimum atomic E-state index is 0. The smallest absolute Gasteiger partial charge is 0.193 e. The van der Waals surface area contributed by atoms with E-state index in [0.717, 1.165) is 25.9 Å². The topological polar surface area (TPSA) is 8.81 Å². The third-order valence-corrected chi connectivity index (χ3v) is 6.23. The fourth-order valence-corrected chi connectivity index (χ4v) is 4.58. The van der Waals surface area contributed by atoms with E-state index in [4.69, 9.17) is 0 Å². The van der Waals surface area contributed by atoms with Crippen LogP contribution in [0.5, 0.6) is 0 Å². The Morgan fingerprint density at radius 1 is 0.710 bits per heavy atom. The maximum Gasteiger partial charge on any atom is 0.193 e.